The van der Waals surface area contributed by atoms with Crippen LogP contribution in [0.3, 0.4) is 0 Å². The van der Waals surface area contributed by atoms with Crippen molar-refractivity contribution < 1.29 is 9.53 Å². The molecule has 1 aromatic rings. The maximum absolute atomic E-state index is 12.6. The molecule has 0 saturated heterocycles. The van der Waals surface area contributed by atoms with Gasteiger partial charge in [-0.15, -0.1) is 12.4 Å². The van der Waals surface area contributed by atoms with Gasteiger partial charge in [0.05, 0.1) is 11.6 Å². The summed E-state index contributed by atoms with van der Waals surface area (Å²) in [4.78, 5) is 17.1. The molecule has 0 radical (unpaired) electrons. The van der Waals surface area contributed by atoms with Crippen molar-refractivity contribution in [3.8, 4) is 5.75 Å². The van der Waals surface area contributed by atoms with Gasteiger partial charge in [0, 0.05) is 4.47 Å². The fourth-order valence-corrected chi connectivity index (χ4v) is 3.29. The van der Waals surface area contributed by atoms with Gasteiger partial charge in [0.2, 0.25) is 0 Å². The van der Waals surface area contributed by atoms with Crippen LogP contribution in [0.4, 0.5) is 0 Å². The number of carbonyl (C=O) groups is 1. The van der Waals surface area contributed by atoms with Crippen LogP contribution >= 0.6 is 28.3 Å². The van der Waals surface area contributed by atoms with Crippen LogP contribution in [0.15, 0.2) is 40.3 Å². The smallest absolute Gasteiger partial charge is 0.261 e. The summed E-state index contributed by atoms with van der Waals surface area (Å²) in [6.45, 7) is 3.95. The number of hydrogen-bond donors (Lipinski definition) is 2. The normalized spacial score (nSPS) is 16.0. The highest BCUT2D eigenvalue weighted by molar-refractivity contribution is 9.10. The van der Waals surface area contributed by atoms with Gasteiger partial charge in [-0.3, -0.25) is 10.1 Å². The highest BCUT2D eigenvalue weighted by atomic mass is 79.9. The minimum atomic E-state index is -0.326. The van der Waals surface area contributed by atoms with Gasteiger partial charge in [-0.2, -0.15) is 0 Å². The lowest BCUT2D eigenvalue weighted by Gasteiger charge is -2.17. The molecule has 1 aliphatic rings. The lowest BCUT2D eigenvalue weighted by atomic mass is 9.97. The highest BCUT2D eigenvalue weighted by Crippen LogP contribution is 2.23. The fourth-order valence-electron chi connectivity index (χ4n) is 2.93. The summed E-state index contributed by atoms with van der Waals surface area (Å²) in [5.41, 5.74) is 6.38. The molecule has 1 aliphatic carbocycles. The van der Waals surface area contributed by atoms with Crippen LogP contribution in [-0.4, -0.2) is 24.5 Å². The second-order valence-electron chi connectivity index (χ2n) is 6.21. The van der Waals surface area contributed by atoms with Crippen LogP contribution in [0.1, 0.15) is 55.3 Å². The largest absolute Gasteiger partial charge is 0.489 e. The zero-order chi connectivity index (χ0) is 18.1. The Hall–Kier alpha value is -1.53. The van der Waals surface area contributed by atoms with E-state index in [1.54, 1.807) is 18.2 Å². The third kappa shape index (κ3) is 7.38. The maximum atomic E-state index is 12.6. The molecule has 0 bridgehead atoms. The van der Waals surface area contributed by atoms with Crippen LogP contribution in [0.25, 0.3) is 0 Å². The van der Waals surface area contributed by atoms with Crippen LogP contribution in [0.2, 0.25) is 0 Å². The van der Waals surface area contributed by atoms with Crippen molar-refractivity contribution in [3.63, 3.8) is 0 Å². The molecule has 3 N–H and O–H groups in total. The molecule has 0 spiro atoms. The summed E-state index contributed by atoms with van der Waals surface area (Å²) in [6, 6.07) is 5.46. The third-order valence-electron chi connectivity index (χ3n) is 4.18. The summed E-state index contributed by atoms with van der Waals surface area (Å²) >= 11 is 3.38. The van der Waals surface area contributed by atoms with Gasteiger partial charge in [0.1, 0.15) is 12.4 Å². The van der Waals surface area contributed by atoms with E-state index in [9.17, 15) is 4.79 Å². The molecule has 7 heteroatoms. The number of carbonyl (C=O) groups excluding carboxylic acids is 1. The number of hydrogen-bond acceptors (Lipinski definition) is 3. The van der Waals surface area contributed by atoms with Crippen molar-refractivity contribution in [2.45, 2.75) is 51.0 Å². The average molecular weight is 445 g/mol. The van der Waals surface area contributed by atoms with Gasteiger partial charge in [-0.1, -0.05) is 60.7 Å². The van der Waals surface area contributed by atoms with Crippen molar-refractivity contribution in [2.75, 3.05) is 6.61 Å². The number of nitrogens with zero attached hydrogens (tertiary/aromatic N) is 1. The van der Waals surface area contributed by atoms with Gasteiger partial charge in [0.25, 0.3) is 5.91 Å². The molecule has 0 heterocycles. The van der Waals surface area contributed by atoms with Crippen LogP contribution in [0.5, 0.6) is 5.75 Å². The number of benzene rings is 1. The number of nitrogens with two attached hydrogens (primary N) is 1. The first-order valence-corrected chi connectivity index (χ1v) is 9.57. The van der Waals surface area contributed by atoms with Crippen molar-refractivity contribution in [3.05, 3.63) is 40.9 Å². The van der Waals surface area contributed by atoms with Gasteiger partial charge in [-0.05, 0) is 31.0 Å². The Bertz CT molecular complexity index is 629. The van der Waals surface area contributed by atoms with E-state index >= 15 is 0 Å². The second-order valence-corrected chi connectivity index (χ2v) is 7.12. The Kier molecular flexibility index (Phi) is 10.4. The Balaban J connectivity index is 0.00000338. The Morgan fingerprint density at radius 3 is 2.62 bits per heavy atom. The molecule has 0 unspecified atom stereocenters. The second kappa shape index (κ2) is 12.0. The van der Waals surface area contributed by atoms with E-state index < -0.39 is 0 Å². The minimum absolute atomic E-state index is 0. The average Bonchev–Trinajstić information content (AvgIpc) is 2.56. The molecule has 1 amide bonds. The molecule has 5 nitrogen and oxygen atoms in total. The number of rotatable bonds is 5. The Morgan fingerprint density at radius 1 is 1.31 bits per heavy atom. The standard InChI is InChI=1S/C19H26BrN3O2.ClH/c1-2-12-25-17-11-10-14(20)13-16(17)18(24)23-19(21)22-15-8-6-4-3-5-7-9-15;/h2,10-11,13,15H,1,3-9,12H2,(H3,21,22,23,24);1H. The first-order valence-electron chi connectivity index (χ1n) is 8.78. The molecule has 1 fully saturated rings. The highest BCUT2D eigenvalue weighted by Gasteiger charge is 2.16. The monoisotopic (exact) mass is 443 g/mol. The van der Waals surface area contributed by atoms with Crippen molar-refractivity contribution in [1.29, 1.82) is 0 Å². The lowest BCUT2D eigenvalue weighted by Crippen LogP contribution is -2.38. The number of nitrogens with one attached hydrogen (secondary N) is 1. The molecular weight excluding hydrogens is 418 g/mol. The van der Waals surface area contributed by atoms with E-state index in [1.807, 2.05) is 6.07 Å². The van der Waals surface area contributed by atoms with Crippen LogP contribution < -0.4 is 15.8 Å². The molecular formula is C19H27BrClN3O2. The van der Waals surface area contributed by atoms with E-state index in [-0.39, 0.29) is 30.3 Å². The van der Waals surface area contributed by atoms with Gasteiger partial charge in [0.15, 0.2) is 5.96 Å². The number of aliphatic imine (C=N–C) groups is 1. The van der Waals surface area contributed by atoms with E-state index in [4.69, 9.17) is 10.5 Å². The maximum Gasteiger partial charge on any atom is 0.261 e. The van der Waals surface area contributed by atoms with E-state index in [2.05, 4.69) is 32.8 Å². The molecule has 26 heavy (non-hydrogen) atoms. The molecule has 0 aliphatic heterocycles. The zero-order valence-electron chi connectivity index (χ0n) is 14.9. The van der Waals surface area contributed by atoms with E-state index in [0.29, 0.717) is 17.9 Å². The summed E-state index contributed by atoms with van der Waals surface area (Å²) in [6.07, 6.45) is 9.83. The van der Waals surface area contributed by atoms with Gasteiger partial charge >= 0.3 is 0 Å². The number of amides is 1. The third-order valence-corrected chi connectivity index (χ3v) is 4.67. The van der Waals surface area contributed by atoms with Gasteiger partial charge in [-0.25, -0.2) is 4.99 Å². The number of guanidine groups is 1. The van der Waals surface area contributed by atoms with Crippen molar-refractivity contribution >= 4 is 40.2 Å². The van der Waals surface area contributed by atoms with Crippen molar-refractivity contribution in [1.82, 2.24) is 5.32 Å². The molecule has 1 saturated carbocycles. The predicted molar refractivity (Wildman–Crippen MR) is 112 cm³/mol. The van der Waals surface area contributed by atoms with E-state index in [0.717, 1.165) is 17.3 Å². The first-order chi connectivity index (χ1) is 12.1. The molecule has 2 rings (SSSR count). The summed E-state index contributed by atoms with van der Waals surface area (Å²) in [7, 11) is 0. The molecule has 1 aromatic carbocycles. The lowest BCUT2D eigenvalue weighted by molar-refractivity contribution is 0.0973. The van der Waals surface area contributed by atoms with Gasteiger partial charge < -0.3 is 10.5 Å². The van der Waals surface area contributed by atoms with Crippen LogP contribution in [-0.2, 0) is 0 Å². The summed E-state index contributed by atoms with van der Waals surface area (Å²) in [5.74, 6) is 0.331. The molecule has 0 aromatic heterocycles. The topological polar surface area (TPSA) is 76.7 Å². The fraction of sp³-hybridized carbons (Fsp3) is 0.474. The summed E-state index contributed by atoms with van der Waals surface area (Å²) in [5, 5.41) is 2.69. The summed E-state index contributed by atoms with van der Waals surface area (Å²) < 4.78 is 6.33. The Morgan fingerprint density at radius 2 is 1.96 bits per heavy atom. The Labute approximate surface area is 170 Å². The predicted octanol–water partition coefficient (Wildman–Crippen LogP) is 4.59. The zero-order valence-corrected chi connectivity index (χ0v) is 17.3. The number of ether oxygens (including phenoxy) is 1. The molecule has 0 atom stereocenters. The minimum Gasteiger partial charge on any atom is -0.489 e. The van der Waals surface area contributed by atoms with Crippen molar-refractivity contribution in [2.24, 2.45) is 10.7 Å². The quantitative estimate of drug-likeness (QED) is 0.396. The SMILES string of the molecule is C=CCOc1ccc(Br)cc1C(=O)NC(N)=NC1CCCCCCC1.Cl. The van der Waals surface area contributed by atoms with Crippen LogP contribution in [0, 0.1) is 0 Å². The first kappa shape index (κ1) is 22.5. The molecule has 144 valence electrons. The van der Waals surface area contributed by atoms with E-state index in [1.165, 1.54) is 32.1 Å². The number of halogens is 2.